The van der Waals surface area contributed by atoms with Crippen LogP contribution in [0.5, 0.6) is 0 Å². The van der Waals surface area contributed by atoms with Crippen molar-refractivity contribution in [3.63, 3.8) is 0 Å². The van der Waals surface area contributed by atoms with Crippen molar-refractivity contribution in [1.29, 1.82) is 0 Å². The molecule has 1 aromatic heterocycles. The number of nitrogens with one attached hydrogen (secondary N) is 2. The first-order valence-corrected chi connectivity index (χ1v) is 10.5. The molecule has 0 fully saturated rings. The molecule has 1 aliphatic rings. The van der Waals surface area contributed by atoms with E-state index in [4.69, 9.17) is 0 Å². The number of hydrogen-bond acceptors (Lipinski definition) is 5. The third-order valence-electron chi connectivity index (χ3n) is 4.35. The van der Waals surface area contributed by atoms with Crippen LogP contribution < -0.4 is 10.0 Å². The Bertz CT molecular complexity index is 880. The third-order valence-corrected chi connectivity index (χ3v) is 6.83. The minimum absolute atomic E-state index is 0.0701. The number of hydrogen-bond donors (Lipinski definition) is 2. The molecule has 2 N–H and O–H groups in total. The van der Waals surface area contributed by atoms with Crippen LogP contribution in [-0.2, 0) is 22.9 Å². The molecule has 134 valence electrons. The highest BCUT2D eigenvalue weighted by atomic mass is 32.2. The molecule has 1 amide bonds. The van der Waals surface area contributed by atoms with Crippen LogP contribution in [0, 0.1) is 6.92 Å². The Morgan fingerprint density at radius 3 is 2.72 bits per heavy atom. The first-order chi connectivity index (χ1) is 11.9. The van der Waals surface area contributed by atoms with E-state index < -0.39 is 10.0 Å². The molecule has 3 rings (SSSR count). The van der Waals surface area contributed by atoms with Gasteiger partial charge in [-0.1, -0.05) is 12.5 Å². The smallest absolute Gasteiger partial charge is 0.257 e. The number of carbonyl (C=O) groups is 1. The van der Waals surface area contributed by atoms with E-state index in [1.54, 1.807) is 13.0 Å². The van der Waals surface area contributed by atoms with E-state index in [0.717, 1.165) is 31.4 Å². The van der Waals surface area contributed by atoms with Crippen LogP contribution in [0.1, 0.15) is 45.8 Å². The molecular weight excluding hydrogens is 358 g/mol. The second-order valence-electron chi connectivity index (χ2n) is 6.09. The number of aryl methyl sites for hydroxylation is 3. The predicted molar refractivity (Wildman–Crippen MR) is 98.8 cm³/mol. The molecule has 0 bridgehead atoms. The van der Waals surface area contributed by atoms with E-state index in [0.29, 0.717) is 16.3 Å². The lowest BCUT2D eigenvalue weighted by Crippen LogP contribution is -2.20. The Balaban J connectivity index is 1.85. The lowest BCUT2D eigenvalue weighted by molar-refractivity contribution is 0.102. The lowest BCUT2D eigenvalue weighted by Gasteiger charge is -2.09. The Labute approximate surface area is 151 Å². The van der Waals surface area contributed by atoms with Crippen molar-refractivity contribution in [3.8, 4) is 0 Å². The maximum atomic E-state index is 12.6. The van der Waals surface area contributed by atoms with Crippen LogP contribution in [0.15, 0.2) is 23.1 Å². The number of rotatable bonds is 4. The minimum Gasteiger partial charge on any atom is -0.298 e. The van der Waals surface area contributed by atoms with E-state index in [1.165, 1.54) is 41.8 Å². The monoisotopic (exact) mass is 379 g/mol. The fourth-order valence-electron chi connectivity index (χ4n) is 2.88. The second kappa shape index (κ2) is 7.23. The number of anilines is 1. The van der Waals surface area contributed by atoms with Gasteiger partial charge in [-0.05, 0) is 57.4 Å². The fourth-order valence-corrected chi connectivity index (χ4v) is 4.68. The Hall–Kier alpha value is -1.77. The van der Waals surface area contributed by atoms with E-state index in [2.05, 4.69) is 15.0 Å². The van der Waals surface area contributed by atoms with Gasteiger partial charge in [0.2, 0.25) is 10.0 Å². The number of benzene rings is 1. The number of amides is 1. The fraction of sp³-hybridized carbons (Fsp3) is 0.412. The molecule has 2 aromatic rings. The summed E-state index contributed by atoms with van der Waals surface area (Å²) in [6.45, 7) is 1.78. The van der Waals surface area contributed by atoms with Crippen LogP contribution >= 0.6 is 11.3 Å². The number of thiazole rings is 1. The van der Waals surface area contributed by atoms with Gasteiger partial charge in [0.25, 0.3) is 5.91 Å². The number of aromatic nitrogens is 1. The summed E-state index contributed by atoms with van der Waals surface area (Å²) in [6, 6.07) is 4.52. The van der Waals surface area contributed by atoms with Gasteiger partial charge < -0.3 is 0 Å². The summed E-state index contributed by atoms with van der Waals surface area (Å²) < 4.78 is 26.2. The molecule has 0 radical (unpaired) electrons. The molecule has 1 heterocycles. The van der Waals surface area contributed by atoms with Gasteiger partial charge in [0.1, 0.15) is 0 Å². The summed E-state index contributed by atoms with van der Waals surface area (Å²) in [5, 5.41) is 3.41. The molecule has 0 spiro atoms. The molecule has 0 atom stereocenters. The van der Waals surface area contributed by atoms with Crippen molar-refractivity contribution < 1.29 is 13.2 Å². The first-order valence-electron chi connectivity index (χ1n) is 8.25. The highest BCUT2D eigenvalue weighted by Crippen LogP contribution is 2.29. The molecule has 0 unspecified atom stereocenters. The van der Waals surface area contributed by atoms with Gasteiger partial charge in [0.15, 0.2) is 5.13 Å². The van der Waals surface area contributed by atoms with Crippen LogP contribution in [0.25, 0.3) is 0 Å². The van der Waals surface area contributed by atoms with Crippen molar-refractivity contribution in [2.45, 2.75) is 43.9 Å². The van der Waals surface area contributed by atoms with Gasteiger partial charge in [-0.2, -0.15) is 0 Å². The molecule has 1 aromatic carbocycles. The maximum Gasteiger partial charge on any atom is 0.257 e. The van der Waals surface area contributed by atoms with E-state index in [-0.39, 0.29) is 10.8 Å². The molecule has 0 saturated carbocycles. The molecule has 25 heavy (non-hydrogen) atoms. The highest BCUT2D eigenvalue weighted by Gasteiger charge is 2.19. The van der Waals surface area contributed by atoms with E-state index in [9.17, 15) is 13.2 Å². The summed E-state index contributed by atoms with van der Waals surface area (Å²) in [5.74, 6) is -0.338. The number of nitrogens with zero attached hydrogens (tertiary/aromatic N) is 1. The van der Waals surface area contributed by atoms with E-state index >= 15 is 0 Å². The summed E-state index contributed by atoms with van der Waals surface area (Å²) in [4.78, 5) is 18.5. The average molecular weight is 380 g/mol. The Morgan fingerprint density at radius 1 is 1.20 bits per heavy atom. The van der Waals surface area contributed by atoms with Crippen LogP contribution in [0.3, 0.4) is 0 Å². The Kier molecular flexibility index (Phi) is 5.21. The van der Waals surface area contributed by atoms with Crippen LogP contribution in [0.2, 0.25) is 0 Å². The third kappa shape index (κ3) is 3.91. The van der Waals surface area contributed by atoms with Crippen molar-refractivity contribution in [3.05, 3.63) is 39.9 Å². The minimum atomic E-state index is -3.59. The van der Waals surface area contributed by atoms with Crippen molar-refractivity contribution in [2.75, 3.05) is 12.4 Å². The second-order valence-corrected chi connectivity index (χ2v) is 9.06. The highest BCUT2D eigenvalue weighted by molar-refractivity contribution is 7.89. The van der Waals surface area contributed by atoms with Gasteiger partial charge in [-0.15, -0.1) is 11.3 Å². The molecule has 1 aliphatic carbocycles. The topological polar surface area (TPSA) is 88.2 Å². The zero-order valence-corrected chi connectivity index (χ0v) is 15.9. The lowest BCUT2D eigenvalue weighted by atomic mass is 10.1. The zero-order chi connectivity index (χ0) is 18.0. The first kappa shape index (κ1) is 18.0. The van der Waals surface area contributed by atoms with Gasteiger partial charge in [-0.25, -0.2) is 18.1 Å². The Morgan fingerprint density at radius 2 is 1.96 bits per heavy atom. The van der Waals surface area contributed by atoms with Crippen LogP contribution in [0.4, 0.5) is 5.13 Å². The normalized spacial score (nSPS) is 14.6. The number of carbonyl (C=O) groups excluding carboxylic acids is 1. The molecule has 0 aliphatic heterocycles. The van der Waals surface area contributed by atoms with E-state index in [1.807, 2.05) is 0 Å². The summed E-state index contributed by atoms with van der Waals surface area (Å²) in [5.41, 5.74) is 2.13. The van der Waals surface area contributed by atoms with Crippen molar-refractivity contribution >= 4 is 32.4 Å². The number of sulfonamides is 1. The SMILES string of the molecule is CNS(=O)(=O)c1ccc(C)c(C(=O)Nc2nc3c(s2)CCCCC3)c1. The summed E-state index contributed by atoms with van der Waals surface area (Å²) >= 11 is 1.52. The van der Waals surface area contributed by atoms with Crippen molar-refractivity contribution in [1.82, 2.24) is 9.71 Å². The van der Waals surface area contributed by atoms with Crippen LogP contribution in [-0.4, -0.2) is 26.4 Å². The zero-order valence-electron chi connectivity index (χ0n) is 14.3. The summed E-state index contributed by atoms with van der Waals surface area (Å²) in [6.07, 6.45) is 5.48. The molecule has 0 saturated heterocycles. The molecule has 8 heteroatoms. The molecular formula is C17H21N3O3S2. The quantitative estimate of drug-likeness (QED) is 0.800. The van der Waals surface area contributed by atoms with Crippen molar-refractivity contribution in [2.24, 2.45) is 0 Å². The maximum absolute atomic E-state index is 12.6. The molecule has 6 nitrogen and oxygen atoms in total. The largest absolute Gasteiger partial charge is 0.298 e. The predicted octanol–water partition coefficient (Wildman–Crippen LogP) is 2.88. The standard InChI is InChI=1S/C17H21N3O3S2/c1-11-8-9-12(25(22,23)18-2)10-13(11)16(21)20-17-19-14-6-4-3-5-7-15(14)24-17/h8-10,18H,3-7H2,1-2H3,(H,19,20,21). The van der Waals surface area contributed by atoms with Gasteiger partial charge in [0.05, 0.1) is 10.6 Å². The average Bonchev–Trinajstić information content (AvgIpc) is 2.83. The van der Waals surface area contributed by atoms with Gasteiger partial charge >= 0.3 is 0 Å². The van der Waals surface area contributed by atoms with Gasteiger partial charge in [0, 0.05) is 10.4 Å². The number of fused-ring (bicyclic) bond motifs is 1. The summed E-state index contributed by atoms with van der Waals surface area (Å²) in [7, 11) is -2.25. The van der Waals surface area contributed by atoms with Gasteiger partial charge in [-0.3, -0.25) is 10.1 Å².